The Morgan fingerprint density at radius 2 is 2.19 bits per heavy atom. The first kappa shape index (κ1) is 17.5. The summed E-state index contributed by atoms with van der Waals surface area (Å²) >= 11 is 0. The van der Waals surface area contributed by atoms with Crippen LogP contribution in [0.2, 0.25) is 0 Å². The van der Waals surface area contributed by atoms with Gasteiger partial charge in [-0.25, -0.2) is 0 Å². The summed E-state index contributed by atoms with van der Waals surface area (Å²) in [6.07, 6.45) is 0. The molecule has 0 spiro atoms. The summed E-state index contributed by atoms with van der Waals surface area (Å²) in [4.78, 5) is 13.8. The van der Waals surface area contributed by atoms with Gasteiger partial charge in [-0.3, -0.25) is 9.48 Å². The number of nitrogens with one attached hydrogen (secondary N) is 2. The van der Waals surface area contributed by atoms with Crippen LogP contribution in [0.4, 0.5) is 5.82 Å². The highest BCUT2D eigenvalue weighted by molar-refractivity contribution is 5.81. The van der Waals surface area contributed by atoms with Gasteiger partial charge in [0.15, 0.2) is 0 Å². The van der Waals surface area contributed by atoms with Crippen molar-refractivity contribution < 1.29 is 9.53 Å². The zero-order chi connectivity index (χ0) is 15.8. The van der Waals surface area contributed by atoms with E-state index in [1.165, 1.54) is 0 Å². The number of nitrogens with zero attached hydrogens (tertiary/aromatic N) is 3. The van der Waals surface area contributed by atoms with Gasteiger partial charge in [-0.15, -0.1) is 0 Å². The predicted molar refractivity (Wildman–Crippen MR) is 83.5 cm³/mol. The van der Waals surface area contributed by atoms with E-state index in [1.807, 2.05) is 30.6 Å². The Morgan fingerprint density at radius 3 is 2.81 bits per heavy atom. The molecule has 7 nitrogen and oxygen atoms in total. The van der Waals surface area contributed by atoms with Gasteiger partial charge in [0, 0.05) is 39.9 Å². The van der Waals surface area contributed by atoms with Crippen molar-refractivity contribution in [2.75, 3.05) is 45.3 Å². The number of ether oxygens (including phenoxy) is 1. The topological polar surface area (TPSA) is 71.4 Å². The highest BCUT2D eigenvalue weighted by atomic mass is 16.5. The van der Waals surface area contributed by atoms with Gasteiger partial charge in [0.1, 0.15) is 5.82 Å². The van der Waals surface area contributed by atoms with Crippen molar-refractivity contribution in [2.24, 2.45) is 7.05 Å². The number of rotatable bonds is 9. The van der Waals surface area contributed by atoms with Crippen LogP contribution in [0.25, 0.3) is 0 Å². The van der Waals surface area contributed by atoms with Crippen molar-refractivity contribution in [1.82, 2.24) is 20.4 Å². The summed E-state index contributed by atoms with van der Waals surface area (Å²) in [6, 6.07) is 0. The van der Waals surface area contributed by atoms with Crippen molar-refractivity contribution in [3.63, 3.8) is 0 Å². The minimum Gasteiger partial charge on any atom is -0.383 e. The van der Waals surface area contributed by atoms with Crippen molar-refractivity contribution in [3.8, 4) is 0 Å². The molecule has 0 aliphatic carbocycles. The molecule has 0 radical (unpaired) electrons. The standard InChI is InChI=1S/C14H27N5O2/c1-6-15-9-12-11(2)17-19(4)14(12)18(3)10-13(20)16-7-8-21-5/h15H,6-10H2,1-5H3,(H,16,20). The lowest BCUT2D eigenvalue weighted by Gasteiger charge is -2.20. The number of hydrogen-bond donors (Lipinski definition) is 2. The molecule has 0 aliphatic heterocycles. The second-order valence-electron chi connectivity index (χ2n) is 4.99. The molecule has 120 valence electrons. The van der Waals surface area contributed by atoms with E-state index in [1.54, 1.807) is 7.11 Å². The maximum Gasteiger partial charge on any atom is 0.239 e. The number of amides is 1. The average molecular weight is 297 g/mol. The molecule has 1 aromatic heterocycles. The second kappa shape index (κ2) is 8.63. The van der Waals surface area contributed by atoms with Crippen molar-refractivity contribution >= 4 is 11.7 Å². The van der Waals surface area contributed by atoms with E-state index in [0.29, 0.717) is 19.7 Å². The molecule has 1 aromatic rings. The lowest BCUT2D eigenvalue weighted by molar-refractivity contribution is -0.119. The molecule has 0 saturated carbocycles. The van der Waals surface area contributed by atoms with Crippen LogP contribution < -0.4 is 15.5 Å². The summed E-state index contributed by atoms with van der Waals surface area (Å²) < 4.78 is 6.74. The number of likely N-dealkylation sites (N-methyl/N-ethyl adjacent to an activating group) is 1. The largest absolute Gasteiger partial charge is 0.383 e. The average Bonchev–Trinajstić information content (AvgIpc) is 2.70. The molecule has 1 amide bonds. The Labute approximate surface area is 126 Å². The summed E-state index contributed by atoms with van der Waals surface area (Å²) in [5.74, 6) is 0.943. The zero-order valence-electron chi connectivity index (χ0n) is 13.7. The fourth-order valence-electron chi connectivity index (χ4n) is 2.26. The number of anilines is 1. The van der Waals surface area contributed by atoms with Gasteiger partial charge in [-0.05, 0) is 13.5 Å². The predicted octanol–water partition coefficient (Wildman–Crippen LogP) is 0.0368. The molecule has 0 atom stereocenters. The molecule has 7 heteroatoms. The van der Waals surface area contributed by atoms with Crippen LogP contribution >= 0.6 is 0 Å². The Kier molecular flexibility index (Phi) is 7.18. The molecular formula is C14H27N5O2. The van der Waals surface area contributed by atoms with E-state index in [9.17, 15) is 4.79 Å². The first-order chi connectivity index (χ1) is 10.0. The lowest BCUT2D eigenvalue weighted by Crippen LogP contribution is -2.37. The molecule has 0 aliphatic rings. The maximum absolute atomic E-state index is 11.9. The Hall–Kier alpha value is -1.60. The first-order valence-electron chi connectivity index (χ1n) is 7.21. The van der Waals surface area contributed by atoms with Gasteiger partial charge >= 0.3 is 0 Å². The SMILES string of the molecule is CCNCc1c(C)nn(C)c1N(C)CC(=O)NCCOC. The molecule has 21 heavy (non-hydrogen) atoms. The normalized spacial score (nSPS) is 10.7. The minimum atomic E-state index is -0.0252. The summed E-state index contributed by atoms with van der Waals surface area (Å²) in [5.41, 5.74) is 2.12. The summed E-state index contributed by atoms with van der Waals surface area (Å²) in [6.45, 7) is 7.04. The number of carbonyl (C=O) groups is 1. The monoisotopic (exact) mass is 297 g/mol. The van der Waals surface area contributed by atoms with Crippen molar-refractivity contribution in [2.45, 2.75) is 20.4 Å². The molecule has 1 heterocycles. The molecule has 0 saturated heterocycles. The van der Waals surface area contributed by atoms with E-state index < -0.39 is 0 Å². The van der Waals surface area contributed by atoms with Crippen LogP contribution in [0.15, 0.2) is 0 Å². The van der Waals surface area contributed by atoms with Gasteiger partial charge < -0.3 is 20.3 Å². The number of hydrogen-bond acceptors (Lipinski definition) is 5. The van der Waals surface area contributed by atoms with E-state index in [-0.39, 0.29) is 5.91 Å². The van der Waals surface area contributed by atoms with Gasteiger partial charge in [0.2, 0.25) is 5.91 Å². The maximum atomic E-state index is 11.9. The molecule has 0 aromatic carbocycles. The number of aromatic nitrogens is 2. The fraction of sp³-hybridized carbons (Fsp3) is 0.714. The minimum absolute atomic E-state index is 0.0252. The smallest absolute Gasteiger partial charge is 0.239 e. The van der Waals surface area contributed by atoms with E-state index >= 15 is 0 Å². The Morgan fingerprint density at radius 1 is 1.48 bits per heavy atom. The van der Waals surface area contributed by atoms with E-state index in [0.717, 1.165) is 30.2 Å². The van der Waals surface area contributed by atoms with Crippen LogP contribution in [-0.4, -0.2) is 56.1 Å². The summed E-state index contributed by atoms with van der Waals surface area (Å²) in [7, 11) is 5.42. The highest BCUT2D eigenvalue weighted by Gasteiger charge is 2.18. The number of methoxy groups -OCH3 is 1. The second-order valence-corrected chi connectivity index (χ2v) is 4.99. The third-order valence-corrected chi connectivity index (χ3v) is 3.24. The molecule has 0 unspecified atom stereocenters. The Bertz CT molecular complexity index is 458. The van der Waals surface area contributed by atoms with Gasteiger partial charge in [0.05, 0.1) is 18.8 Å². The zero-order valence-corrected chi connectivity index (χ0v) is 13.7. The van der Waals surface area contributed by atoms with Gasteiger partial charge in [-0.2, -0.15) is 5.10 Å². The van der Waals surface area contributed by atoms with Crippen molar-refractivity contribution in [3.05, 3.63) is 11.3 Å². The highest BCUT2D eigenvalue weighted by Crippen LogP contribution is 2.21. The van der Waals surface area contributed by atoms with Crippen LogP contribution in [0.1, 0.15) is 18.2 Å². The molecule has 1 rings (SSSR count). The number of carbonyl (C=O) groups excluding carboxylic acids is 1. The van der Waals surface area contributed by atoms with Crippen LogP contribution in [0, 0.1) is 6.92 Å². The van der Waals surface area contributed by atoms with Crippen LogP contribution in [-0.2, 0) is 23.1 Å². The molecular weight excluding hydrogens is 270 g/mol. The Balaban J connectivity index is 2.72. The fourth-order valence-corrected chi connectivity index (χ4v) is 2.26. The molecule has 0 bridgehead atoms. The van der Waals surface area contributed by atoms with E-state index in [2.05, 4.69) is 22.7 Å². The van der Waals surface area contributed by atoms with Crippen molar-refractivity contribution in [1.29, 1.82) is 0 Å². The van der Waals surface area contributed by atoms with Crippen LogP contribution in [0.3, 0.4) is 0 Å². The first-order valence-corrected chi connectivity index (χ1v) is 7.21. The third kappa shape index (κ3) is 5.02. The van der Waals surface area contributed by atoms with Gasteiger partial charge in [0.25, 0.3) is 0 Å². The summed E-state index contributed by atoms with van der Waals surface area (Å²) in [5, 5.41) is 10.6. The lowest BCUT2D eigenvalue weighted by atomic mass is 10.2. The third-order valence-electron chi connectivity index (χ3n) is 3.24. The quantitative estimate of drug-likeness (QED) is 0.630. The molecule has 0 fully saturated rings. The van der Waals surface area contributed by atoms with E-state index in [4.69, 9.17) is 4.74 Å². The molecule has 2 N–H and O–H groups in total. The number of aryl methyl sites for hydroxylation is 2. The van der Waals surface area contributed by atoms with Crippen LogP contribution in [0.5, 0.6) is 0 Å². The van der Waals surface area contributed by atoms with Gasteiger partial charge in [-0.1, -0.05) is 6.92 Å².